The zero-order valence-corrected chi connectivity index (χ0v) is 5.49. The second-order valence-corrected chi connectivity index (χ2v) is 1.37. The molecular formula is C7H14. The van der Waals surface area contributed by atoms with E-state index in [4.69, 9.17) is 0 Å². The third kappa shape index (κ3) is 30.3. The smallest absolute Gasteiger partial charge is 0.0442 e. The molecule has 0 unspecified atom stereocenters. The Hall–Kier alpha value is -0.520. The van der Waals surface area contributed by atoms with Crippen molar-refractivity contribution >= 4 is 0 Å². The van der Waals surface area contributed by atoms with E-state index in [0.29, 0.717) is 0 Å². The van der Waals surface area contributed by atoms with E-state index in [2.05, 4.69) is 33.1 Å². The van der Waals surface area contributed by atoms with Crippen molar-refractivity contribution in [3.63, 3.8) is 0 Å². The first-order chi connectivity index (χ1) is 3.27. The molecule has 0 saturated heterocycles. The van der Waals surface area contributed by atoms with Gasteiger partial charge in [-0.2, -0.15) is 0 Å². The summed E-state index contributed by atoms with van der Waals surface area (Å²) >= 11 is 0. The van der Waals surface area contributed by atoms with Crippen LogP contribution >= 0.6 is 0 Å². The quantitative estimate of drug-likeness (QED) is 0.409. The van der Waals surface area contributed by atoms with Crippen LogP contribution in [0.1, 0.15) is 20.8 Å². The summed E-state index contributed by atoms with van der Waals surface area (Å²) < 4.78 is 0. The molecule has 0 nitrogen and oxygen atoms in total. The first-order valence-corrected chi connectivity index (χ1v) is 2.37. The third-order valence-corrected chi connectivity index (χ3v) is 0.577. The molecule has 0 fully saturated rings. The van der Waals surface area contributed by atoms with E-state index in [-0.39, 0.29) is 0 Å². The van der Waals surface area contributed by atoms with Gasteiger partial charge in [0.2, 0.25) is 0 Å². The highest BCUT2D eigenvalue weighted by atomic mass is 13.7. The predicted octanol–water partition coefficient (Wildman–Crippen LogP) is 2.77. The SMILES string of the molecule is C=C.CC=C(C)C. The third-order valence-electron chi connectivity index (χ3n) is 0.577. The average molecular weight is 98.2 g/mol. The standard InChI is InChI=1S/C5H10.C2H4/c1-4-5(2)3;1-2/h4H,1-3H3;1-2H2. The highest BCUT2D eigenvalue weighted by Gasteiger charge is 1.60. The van der Waals surface area contributed by atoms with Crippen LogP contribution < -0.4 is 0 Å². The van der Waals surface area contributed by atoms with Crippen molar-refractivity contribution in [2.24, 2.45) is 0 Å². The molecule has 0 amide bonds. The van der Waals surface area contributed by atoms with E-state index in [1.165, 1.54) is 5.57 Å². The first kappa shape index (κ1) is 9.70. The van der Waals surface area contributed by atoms with Gasteiger partial charge in [-0.3, -0.25) is 0 Å². The lowest BCUT2D eigenvalue weighted by atomic mass is 10.3. The highest BCUT2D eigenvalue weighted by molar-refractivity contribution is 4.88. The van der Waals surface area contributed by atoms with Crippen LogP contribution in [-0.2, 0) is 0 Å². The molecule has 0 aliphatic carbocycles. The van der Waals surface area contributed by atoms with Gasteiger partial charge in [-0.15, -0.1) is 13.2 Å². The fraction of sp³-hybridized carbons (Fsp3) is 0.429. The summed E-state index contributed by atoms with van der Waals surface area (Å²) in [5.74, 6) is 0. The maximum absolute atomic E-state index is 3.00. The Morgan fingerprint density at radius 3 is 1.43 bits per heavy atom. The lowest BCUT2D eigenvalue weighted by Gasteiger charge is -1.74. The van der Waals surface area contributed by atoms with E-state index >= 15 is 0 Å². The van der Waals surface area contributed by atoms with Gasteiger partial charge in [0.25, 0.3) is 0 Å². The van der Waals surface area contributed by atoms with Gasteiger partial charge in [0.05, 0.1) is 0 Å². The van der Waals surface area contributed by atoms with Crippen molar-refractivity contribution in [2.45, 2.75) is 20.8 Å². The normalized spacial score (nSPS) is 5.57. The lowest BCUT2D eigenvalue weighted by molar-refractivity contribution is 1.36. The number of allylic oxidation sites excluding steroid dienone is 2. The summed E-state index contributed by atoms with van der Waals surface area (Å²) in [6, 6.07) is 0. The number of rotatable bonds is 0. The summed E-state index contributed by atoms with van der Waals surface area (Å²) in [5.41, 5.74) is 1.38. The zero-order valence-electron chi connectivity index (χ0n) is 5.49. The van der Waals surface area contributed by atoms with Crippen LogP contribution in [0.2, 0.25) is 0 Å². The molecule has 0 heteroatoms. The van der Waals surface area contributed by atoms with Crippen molar-refractivity contribution in [1.82, 2.24) is 0 Å². The fourth-order valence-electron chi connectivity index (χ4n) is 0. The highest BCUT2D eigenvalue weighted by Crippen LogP contribution is 1.82. The molecule has 0 spiro atoms. The van der Waals surface area contributed by atoms with Gasteiger partial charge in [-0.1, -0.05) is 11.6 Å². The number of hydrogen-bond donors (Lipinski definition) is 0. The van der Waals surface area contributed by atoms with Gasteiger partial charge in [0.15, 0.2) is 0 Å². The average Bonchev–Trinajstić information content (AvgIpc) is 1.73. The van der Waals surface area contributed by atoms with Gasteiger partial charge in [-0.25, -0.2) is 0 Å². The monoisotopic (exact) mass is 98.1 g/mol. The molecule has 0 heterocycles. The molecule has 0 aromatic carbocycles. The van der Waals surface area contributed by atoms with E-state index in [9.17, 15) is 0 Å². The minimum atomic E-state index is 1.38. The molecule has 0 atom stereocenters. The van der Waals surface area contributed by atoms with Gasteiger partial charge < -0.3 is 0 Å². The summed E-state index contributed by atoms with van der Waals surface area (Å²) in [6.45, 7) is 12.2. The maximum atomic E-state index is 3.00. The Kier molecular flexibility index (Phi) is 12.6. The minimum Gasteiger partial charge on any atom is -0.106 e. The van der Waals surface area contributed by atoms with Crippen LogP contribution in [0.4, 0.5) is 0 Å². The summed E-state index contributed by atoms with van der Waals surface area (Å²) in [5, 5.41) is 0. The van der Waals surface area contributed by atoms with Crippen LogP contribution in [0, 0.1) is 0 Å². The second kappa shape index (κ2) is 9.08. The molecule has 0 bridgehead atoms. The number of hydrogen-bond acceptors (Lipinski definition) is 0. The predicted molar refractivity (Wildman–Crippen MR) is 36.4 cm³/mol. The molecule has 0 aliphatic rings. The van der Waals surface area contributed by atoms with Gasteiger partial charge in [-0.05, 0) is 20.8 Å². The van der Waals surface area contributed by atoms with E-state index in [1.54, 1.807) is 0 Å². The Bertz CT molecular complexity index is 47.1. The van der Waals surface area contributed by atoms with Gasteiger partial charge in [0, 0.05) is 0 Å². The van der Waals surface area contributed by atoms with Crippen molar-refractivity contribution < 1.29 is 0 Å². The van der Waals surface area contributed by atoms with Crippen molar-refractivity contribution in [3.05, 3.63) is 24.8 Å². The van der Waals surface area contributed by atoms with E-state index in [0.717, 1.165) is 0 Å². The topological polar surface area (TPSA) is 0 Å². The van der Waals surface area contributed by atoms with Crippen molar-refractivity contribution in [3.8, 4) is 0 Å². The molecule has 42 valence electrons. The van der Waals surface area contributed by atoms with Gasteiger partial charge >= 0.3 is 0 Å². The molecule has 0 radical (unpaired) electrons. The Balaban J connectivity index is 0. The summed E-state index contributed by atoms with van der Waals surface area (Å²) in [4.78, 5) is 0. The zero-order chi connectivity index (χ0) is 6.28. The maximum Gasteiger partial charge on any atom is -0.0442 e. The molecule has 0 rings (SSSR count). The largest absolute Gasteiger partial charge is 0.106 e. The van der Waals surface area contributed by atoms with Crippen LogP contribution in [0.5, 0.6) is 0 Å². The lowest BCUT2D eigenvalue weighted by Crippen LogP contribution is -1.52. The molecule has 0 aromatic heterocycles. The molecule has 7 heavy (non-hydrogen) atoms. The summed E-state index contributed by atoms with van der Waals surface area (Å²) in [7, 11) is 0. The second-order valence-electron chi connectivity index (χ2n) is 1.37. The van der Waals surface area contributed by atoms with E-state index in [1.807, 2.05) is 6.92 Å². The Labute approximate surface area is 46.6 Å². The van der Waals surface area contributed by atoms with E-state index < -0.39 is 0 Å². The summed E-state index contributed by atoms with van der Waals surface area (Å²) in [6.07, 6.45) is 2.08. The van der Waals surface area contributed by atoms with Gasteiger partial charge in [0.1, 0.15) is 0 Å². The molecular weight excluding hydrogens is 84.1 g/mol. The minimum absolute atomic E-state index is 1.38. The van der Waals surface area contributed by atoms with Crippen LogP contribution in [0.15, 0.2) is 24.8 Å². The molecule has 0 saturated carbocycles. The molecule has 0 N–H and O–H groups in total. The Morgan fingerprint density at radius 1 is 1.29 bits per heavy atom. The van der Waals surface area contributed by atoms with Crippen LogP contribution in [0.25, 0.3) is 0 Å². The molecule has 0 aliphatic heterocycles. The fourth-order valence-corrected chi connectivity index (χ4v) is 0. The van der Waals surface area contributed by atoms with Crippen LogP contribution in [-0.4, -0.2) is 0 Å². The first-order valence-electron chi connectivity index (χ1n) is 2.37. The Morgan fingerprint density at radius 2 is 1.43 bits per heavy atom. The molecule has 0 aromatic rings. The van der Waals surface area contributed by atoms with Crippen molar-refractivity contribution in [1.29, 1.82) is 0 Å². The van der Waals surface area contributed by atoms with Crippen molar-refractivity contribution in [2.75, 3.05) is 0 Å². The van der Waals surface area contributed by atoms with Crippen LogP contribution in [0.3, 0.4) is 0 Å².